The van der Waals surface area contributed by atoms with Crippen molar-refractivity contribution in [1.82, 2.24) is 5.43 Å². The molecule has 0 aliphatic rings. The average Bonchev–Trinajstić information content (AvgIpc) is 2.83. The monoisotopic (exact) mass is 362 g/mol. The summed E-state index contributed by atoms with van der Waals surface area (Å²) in [4.78, 5) is 12.4. The number of ether oxygens (including phenoxy) is 1. The lowest BCUT2D eigenvalue weighted by molar-refractivity contribution is -0.123. The van der Waals surface area contributed by atoms with Crippen molar-refractivity contribution in [3.8, 4) is 5.75 Å². The summed E-state index contributed by atoms with van der Waals surface area (Å²) in [6.07, 6.45) is 1.50. The number of hydrazone groups is 1. The Hall–Kier alpha value is -1.27. The minimum Gasteiger partial charge on any atom is -0.482 e. The van der Waals surface area contributed by atoms with Gasteiger partial charge in [-0.05, 0) is 30.3 Å². The molecule has 1 heterocycles. The molecular formula is C13H9Cl3N2O2S. The molecule has 0 radical (unpaired) electrons. The summed E-state index contributed by atoms with van der Waals surface area (Å²) < 4.78 is 5.92. The number of nitrogens with zero attached hydrogens (tertiary/aromatic N) is 1. The molecule has 0 bridgehead atoms. The second-order valence-corrected chi connectivity index (χ2v) is 6.39. The zero-order chi connectivity index (χ0) is 15.2. The van der Waals surface area contributed by atoms with Gasteiger partial charge in [0.2, 0.25) is 0 Å². The third-order valence-corrected chi connectivity index (χ3v) is 3.92. The van der Waals surface area contributed by atoms with Gasteiger partial charge >= 0.3 is 0 Å². The van der Waals surface area contributed by atoms with Crippen molar-refractivity contribution in [1.29, 1.82) is 0 Å². The number of halogens is 3. The average molecular weight is 364 g/mol. The third-order valence-electron chi connectivity index (χ3n) is 2.23. The highest BCUT2D eigenvalue weighted by Gasteiger charge is 2.05. The Balaban J connectivity index is 1.81. The van der Waals surface area contributed by atoms with Crippen molar-refractivity contribution in [2.45, 2.75) is 0 Å². The van der Waals surface area contributed by atoms with E-state index in [4.69, 9.17) is 39.5 Å². The largest absolute Gasteiger partial charge is 0.482 e. The van der Waals surface area contributed by atoms with Crippen LogP contribution in [0.1, 0.15) is 4.88 Å². The predicted molar refractivity (Wildman–Crippen MR) is 87.0 cm³/mol. The van der Waals surface area contributed by atoms with E-state index >= 15 is 0 Å². The number of rotatable bonds is 5. The van der Waals surface area contributed by atoms with E-state index in [9.17, 15) is 4.79 Å². The lowest BCUT2D eigenvalue weighted by atomic mass is 10.3. The quantitative estimate of drug-likeness (QED) is 0.638. The van der Waals surface area contributed by atoms with Gasteiger partial charge in [0.25, 0.3) is 5.91 Å². The standard InChI is InChI=1S/C13H9Cl3N2O2S/c14-8-1-3-11(10(15)5-8)20-7-13(19)18-17-6-9-2-4-12(16)21-9/h1-6H,7H2,(H,18,19)/b17-6+. The second-order valence-electron chi connectivity index (χ2n) is 3.80. The Morgan fingerprint density at radius 1 is 1.29 bits per heavy atom. The fraction of sp³-hybridized carbons (Fsp3) is 0.0769. The van der Waals surface area contributed by atoms with Crippen LogP contribution in [0, 0.1) is 0 Å². The number of hydrogen-bond acceptors (Lipinski definition) is 4. The Labute approximate surface area is 140 Å². The topological polar surface area (TPSA) is 50.7 Å². The predicted octanol–water partition coefficient (Wildman–Crippen LogP) is 4.24. The molecule has 21 heavy (non-hydrogen) atoms. The summed E-state index contributed by atoms with van der Waals surface area (Å²) >= 11 is 18.8. The van der Waals surface area contributed by atoms with E-state index in [1.807, 2.05) is 0 Å². The molecule has 4 nitrogen and oxygen atoms in total. The maximum Gasteiger partial charge on any atom is 0.277 e. The summed E-state index contributed by atoms with van der Waals surface area (Å²) in [7, 11) is 0. The van der Waals surface area contributed by atoms with Crippen LogP contribution in [0.5, 0.6) is 5.75 Å². The first-order chi connectivity index (χ1) is 10.0. The molecule has 1 N–H and O–H groups in total. The second kappa shape index (κ2) is 7.66. The molecule has 8 heteroatoms. The lowest BCUT2D eigenvalue weighted by Crippen LogP contribution is -2.24. The van der Waals surface area contributed by atoms with Gasteiger partial charge in [-0.2, -0.15) is 5.10 Å². The van der Waals surface area contributed by atoms with Crippen LogP contribution < -0.4 is 10.2 Å². The third kappa shape index (κ3) is 5.21. The van der Waals surface area contributed by atoms with Gasteiger partial charge in [-0.3, -0.25) is 4.79 Å². The van der Waals surface area contributed by atoms with Gasteiger partial charge in [-0.15, -0.1) is 11.3 Å². The molecule has 0 unspecified atom stereocenters. The van der Waals surface area contributed by atoms with Crippen LogP contribution in [0.4, 0.5) is 0 Å². The first-order valence-corrected chi connectivity index (χ1v) is 7.65. The van der Waals surface area contributed by atoms with E-state index in [0.29, 0.717) is 20.1 Å². The molecule has 1 amide bonds. The molecule has 1 aromatic carbocycles. The molecule has 0 atom stereocenters. The summed E-state index contributed by atoms with van der Waals surface area (Å²) in [6, 6.07) is 8.30. The van der Waals surface area contributed by atoms with Crippen LogP contribution in [-0.2, 0) is 4.79 Å². The van der Waals surface area contributed by atoms with Gasteiger partial charge in [0.05, 0.1) is 15.6 Å². The van der Waals surface area contributed by atoms with E-state index in [1.165, 1.54) is 23.6 Å². The van der Waals surface area contributed by atoms with Gasteiger partial charge in [0.1, 0.15) is 5.75 Å². The van der Waals surface area contributed by atoms with Crippen LogP contribution >= 0.6 is 46.1 Å². The minimum absolute atomic E-state index is 0.204. The number of nitrogens with one attached hydrogen (secondary N) is 1. The van der Waals surface area contributed by atoms with Crippen molar-refractivity contribution in [3.05, 3.63) is 49.6 Å². The number of hydrogen-bond donors (Lipinski definition) is 1. The van der Waals surface area contributed by atoms with Crippen molar-refractivity contribution < 1.29 is 9.53 Å². The molecule has 110 valence electrons. The Morgan fingerprint density at radius 3 is 2.76 bits per heavy atom. The van der Waals surface area contributed by atoms with E-state index in [-0.39, 0.29) is 6.61 Å². The Bertz CT molecular complexity index is 673. The van der Waals surface area contributed by atoms with Gasteiger partial charge in [0.15, 0.2) is 6.61 Å². The molecule has 0 aliphatic heterocycles. The number of thiophene rings is 1. The minimum atomic E-state index is -0.403. The molecular weight excluding hydrogens is 355 g/mol. The highest BCUT2D eigenvalue weighted by atomic mass is 35.5. The maximum absolute atomic E-state index is 11.5. The lowest BCUT2D eigenvalue weighted by Gasteiger charge is -2.06. The molecule has 2 rings (SSSR count). The maximum atomic E-state index is 11.5. The first-order valence-electron chi connectivity index (χ1n) is 5.69. The first kappa shape index (κ1) is 16.1. The van der Waals surface area contributed by atoms with Gasteiger partial charge < -0.3 is 4.74 Å². The normalized spacial score (nSPS) is 10.8. The van der Waals surface area contributed by atoms with Crippen LogP contribution in [0.2, 0.25) is 14.4 Å². The molecule has 0 fully saturated rings. The van der Waals surface area contributed by atoms with Crippen molar-refractivity contribution >= 4 is 58.3 Å². The molecule has 2 aromatic rings. The van der Waals surface area contributed by atoms with Crippen LogP contribution in [0.3, 0.4) is 0 Å². The highest BCUT2D eigenvalue weighted by molar-refractivity contribution is 7.17. The molecule has 0 aliphatic carbocycles. The molecule has 0 saturated carbocycles. The highest BCUT2D eigenvalue weighted by Crippen LogP contribution is 2.27. The summed E-state index contributed by atoms with van der Waals surface area (Å²) in [5.74, 6) is -0.0230. The summed E-state index contributed by atoms with van der Waals surface area (Å²) in [5, 5.41) is 4.63. The zero-order valence-electron chi connectivity index (χ0n) is 10.5. The summed E-state index contributed by atoms with van der Waals surface area (Å²) in [6.45, 7) is -0.204. The fourth-order valence-electron chi connectivity index (χ4n) is 1.33. The number of benzene rings is 1. The number of carbonyl (C=O) groups excluding carboxylic acids is 1. The van der Waals surface area contributed by atoms with Crippen LogP contribution in [0.25, 0.3) is 0 Å². The smallest absolute Gasteiger partial charge is 0.277 e. The van der Waals surface area contributed by atoms with Crippen LogP contribution in [0.15, 0.2) is 35.4 Å². The molecule has 0 saturated heterocycles. The van der Waals surface area contributed by atoms with Crippen molar-refractivity contribution in [2.75, 3.05) is 6.61 Å². The fourth-order valence-corrected chi connectivity index (χ4v) is 2.73. The van der Waals surface area contributed by atoms with Gasteiger partial charge in [-0.1, -0.05) is 34.8 Å². The van der Waals surface area contributed by atoms with Crippen molar-refractivity contribution in [3.63, 3.8) is 0 Å². The van der Waals surface area contributed by atoms with E-state index in [2.05, 4.69) is 10.5 Å². The van der Waals surface area contributed by atoms with E-state index < -0.39 is 5.91 Å². The SMILES string of the molecule is O=C(COc1ccc(Cl)cc1Cl)N/N=C/c1ccc(Cl)s1. The zero-order valence-corrected chi connectivity index (χ0v) is 13.6. The molecule has 1 aromatic heterocycles. The van der Waals surface area contributed by atoms with Crippen LogP contribution in [-0.4, -0.2) is 18.7 Å². The Kier molecular flexibility index (Phi) is 5.87. The van der Waals surface area contributed by atoms with E-state index in [1.54, 1.807) is 24.3 Å². The molecule has 0 spiro atoms. The number of carbonyl (C=O) groups is 1. The van der Waals surface area contributed by atoms with Gasteiger partial charge in [-0.25, -0.2) is 5.43 Å². The Morgan fingerprint density at radius 2 is 2.10 bits per heavy atom. The van der Waals surface area contributed by atoms with Gasteiger partial charge in [0, 0.05) is 9.90 Å². The summed E-state index contributed by atoms with van der Waals surface area (Å²) in [5.41, 5.74) is 2.34. The van der Waals surface area contributed by atoms with E-state index in [0.717, 1.165) is 4.88 Å². The van der Waals surface area contributed by atoms with Crippen molar-refractivity contribution in [2.24, 2.45) is 5.10 Å². The number of amides is 1.